The molecule has 0 amide bonds. The van der Waals surface area contributed by atoms with E-state index < -0.39 is 18.7 Å². The second-order valence-electron chi connectivity index (χ2n) is 6.80. The van der Waals surface area contributed by atoms with E-state index in [0.717, 1.165) is 11.3 Å². The number of allylic oxidation sites excluding steroid dienone is 4. The van der Waals surface area contributed by atoms with E-state index in [9.17, 15) is 4.21 Å². The Hall–Kier alpha value is -1.50. The molecule has 1 unspecified atom stereocenters. The van der Waals surface area contributed by atoms with Crippen molar-refractivity contribution < 1.29 is 4.21 Å². The lowest BCUT2D eigenvalue weighted by molar-refractivity contribution is 0.653. The second kappa shape index (κ2) is 7.17. The van der Waals surface area contributed by atoms with E-state index in [0.29, 0.717) is 0 Å². The first-order valence-corrected chi connectivity index (χ1v) is 10.7. The molecule has 0 fully saturated rings. The summed E-state index contributed by atoms with van der Waals surface area (Å²) in [5.74, 6) is 0. The molecular weight excluding hydrogens is 331 g/mol. The van der Waals surface area contributed by atoms with Crippen LogP contribution in [0.4, 0.5) is 0 Å². The maximum atomic E-state index is 13.1. The Morgan fingerprint density at radius 2 is 1.38 bits per heavy atom. The molecular formula is C21H23OPS. The van der Waals surface area contributed by atoms with Gasteiger partial charge in [-0.15, -0.1) is 0 Å². The molecule has 0 radical (unpaired) electrons. The molecule has 1 nitrogen and oxygen atoms in total. The van der Waals surface area contributed by atoms with Crippen LogP contribution >= 0.6 is 7.92 Å². The van der Waals surface area contributed by atoms with E-state index in [1.807, 2.05) is 0 Å². The van der Waals surface area contributed by atoms with Crippen molar-refractivity contribution in [3.8, 4) is 0 Å². The lowest BCUT2D eigenvalue weighted by Crippen LogP contribution is -2.23. The van der Waals surface area contributed by atoms with Crippen molar-refractivity contribution >= 4 is 29.3 Å². The van der Waals surface area contributed by atoms with E-state index in [1.165, 1.54) is 15.9 Å². The van der Waals surface area contributed by atoms with Gasteiger partial charge in [0.1, 0.15) is 0 Å². The van der Waals surface area contributed by atoms with Crippen molar-refractivity contribution in [1.82, 2.24) is 0 Å². The van der Waals surface area contributed by atoms with Crippen molar-refractivity contribution in [1.29, 1.82) is 0 Å². The van der Waals surface area contributed by atoms with Crippen molar-refractivity contribution in [3.05, 3.63) is 83.0 Å². The fourth-order valence-corrected chi connectivity index (χ4v) is 6.95. The SMILES string of the molecule is CC(C)(C)S(=O)C1=C(P(c2ccccc2)c2ccccc2)C=CC1. The van der Waals surface area contributed by atoms with Gasteiger partial charge in [-0.2, -0.15) is 0 Å². The smallest absolute Gasteiger partial charge is 0.0552 e. The first kappa shape index (κ1) is 17.3. The zero-order chi connectivity index (χ0) is 17.2. The molecule has 0 saturated heterocycles. The van der Waals surface area contributed by atoms with Crippen LogP contribution in [-0.4, -0.2) is 8.96 Å². The molecule has 1 aliphatic carbocycles. The highest BCUT2D eigenvalue weighted by Crippen LogP contribution is 2.49. The number of rotatable bonds is 4. The third kappa shape index (κ3) is 3.61. The van der Waals surface area contributed by atoms with Crippen LogP contribution in [0.2, 0.25) is 0 Å². The molecule has 1 aliphatic rings. The molecule has 3 heteroatoms. The minimum absolute atomic E-state index is 0.235. The molecule has 124 valence electrons. The lowest BCUT2D eigenvalue weighted by Gasteiger charge is -2.24. The second-order valence-corrected chi connectivity index (χ2v) is 11.2. The molecule has 0 saturated carbocycles. The molecule has 0 bridgehead atoms. The predicted octanol–water partition coefficient (Wildman–Crippen LogP) is 4.84. The van der Waals surface area contributed by atoms with Gasteiger partial charge in [0.2, 0.25) is 0 Å². The van der Waals surface area contributed by atoms with Gasteiger partial charge in [0, 0.05) is 9.65 Å². The Morgan fingerprint density at radius 1 is 0.875 bits per heavy atom. The van der Waals surface area contributed by atoms with Crippen LogP contribution in [0.25, 0.3) is 0 Å². The highest BCUT2D eigenvalue weighted by atomic mass is 32.2. The molecule has 0 aromatic heterocycles. The van der Waals surface area contributed by atoms with Crippen molar-refractivity contribution in [2.24, 2.45) is 0 Å². The lowest BCUT2D eigenvalue weighted by atomic mass is 10.3. The van der Waals surface area contributed by atoms with Gasteiger partial charge >= 0.3 is 0 Å². The first-order valence-electron chi connectivity index (χ1n) is 8.20. The first-order chi connectivity index (χ1) is 11.5. The Balaban J connectivity index is 2.15. The quantitative estimate of drug-likeness (QED) is 0.718. The Bertz CT molecular complexity index is 746. The van der Waals surface area contributed by atoms with Crippen LogP contribution in [0.5, 0.6) is 0 Å². The molecule has 1 atom stereocenters. The normalized spacial score (nSPS) is 16.0. The van der Waals surface area contributed by atoms with Gasteiger partial charge in [0.25, 0.3) is 0 Å². The maximum Gasteiger partial charge on any atom is 0.0552 e. The van der Waals surface area contributed by atoms with Gasteiger partial charge in [-0.25, -0.2) is 0 Å². The van der Waals surface area contributed by atoms with E-state index in [2.05, 4.69) is 93.6 Å². The molecule has 0 heterocycles. The summed E-state index contributed by atoms with van der Waals surface area (Å²) in [7, 11) is -1.65. The number of hydrogen-bond donors (Lipinski definition) is 0. The van der Waals surface area contributed by atoms with Crippen LogP contribution < -0.4 is 10.6 Å². The van der Waals surface area contributed by atoms with Gasteiger partial charge in [0.05, 0.1) is 10.8 Å². The van der Waals surface area contributed by atoms with Crippen molar-refractivity contribution in [2.75, 3.05) is 0 Å². The van der Waals surface area contributed by atoms with Crippen LogP contribution in [0.15, 0.2) is 83.0 Å². The van der Waals surface area contributed by atoms with Gasteiger partial charge in [-0.3, -0.25) is 4.21 Å². The average Bonchev–Trinajstić information content (AvgIpc) is 3.04. The zero-order valence-electron chi connectivity index (χ0n) is 14.4. The summed E-state index contributed by atoms with van der Waals surface area (Å²) >= 11 is 0. The molecule has 0 N–H and O–H groups in total. The van der Waals surface area contributed by atoms with Crippen LogP contribution in [0.3, 0.4) is 0 Å². The molecule has 2 aromatic rings. The van der Waals surface area contributed by atoms with Crippen molar-refractivity contribution in [3.63, 3.8) is 0 Å². The van der Waals surface area contributed by atoms with Gasteiger partial charge in [-0.1, -0.05) is 72.8 Å². The number of benzene rings is 2. The fraction of sp³-hybridized carbons (Fsp3) is 0.238. The minimum Gasteiger partial charge on any atom is -0.254 e. The van der Waals surface area contributed by atoms with Gasteiger partial charge in [0.15, 0.2) is 0 Å². The zero-order valence-corrected chi connectivity index (χ0v) is 16.1. The Morgan fingerprint density at radius 3 is 1.83 bits per heavy atom. The van der Waals surface area contributed by atoms with Crippen LogP contribution in [-0.2, 0) is 10.8 Å². The molecule has 3 rings (SSSR count). The van der Waals surface area contributed by atoms with E-state index in [-0.39, 0.29) is 4.75 Å². The molecule has 2 aromatic carbocycles. The Labute approximate surface area is 148 Å². The Kier molecular flexibility index (Phi) is 5.18. The minimum atomic E-state index is -0.978. The van der Waals surface area contributed by atoms with Gasteiger partial charge in [-0.05, 0) is 51.0 Å². The highest BCUT2D eigenvalue weighted by molar-refractivity contribution is 7.91. The third-order valence-corrected chi connectivity index (χ3v) is 8.54. The summed E-state index contributed by atoms with van der Waals surface area (Å²) in [6.07, 6.45) is 5.16. The largest absolute Gasteiger partial charge is 0.254 e. The number of hydrogen-bond acceptors (Lipinski definition) is 1. The van der Waals surface area contributed by atoms with Crippen LogP contribution in [0, 0.1) is 0 Å². The molecule has 24 heavy (non-hydrogen) atoms. The summed E-state index contributed by atoms with van der Waals surface area (Å²) < 4.78 is 12.8. The van der Waals surface area contributed by atoms with Gasteiger partial charge < -0.3 is 0 Å². The topological polar surface area (TPSA) is 17.1 Å². The third-order valence-electron chi connectivity index (χ3n) is 3.91. The standard InChI is InChI=1S/C21H23OPS/c1-21(2,3)24(22)20-16-10-15-19(20)23(17-11-6-4-7-12-17)18-13-8-5-9-14-18/h4-15H,16H2,1-3H3. The fourth-order valence-electron chi connectivity index (χ4n) is 2.80. The highest BCUT2D eigenvalue weighted by Gasteiger charge is 2.30. The summed E-state index contributed by atoms with van der Waals surface area (Å²) in [4.78, 5) is 1.10. The summed E-state index contributed by atoms with van der Waals surface area (Å²) in [6, 6.07) is 21.2. The van der Waals surface area contributed by atoms with E-state index >= 15 is 0 Å². The molecule has 0 spiro atoms. The van der Waals surface area contributed by atoms with E-state index in [4.69, 9.17) is 0 Å². The predicted molar refractivity (Wildman–Crippen MR) is 108 cm³/mol. The van der Waals surface area contributed by atoms with Crippen molar-refractivity contribution in [2.45, 2.75) is 31.9 Å². The van der Waals surface area contributed by atoms with Crippen LogP contribution in [0.1, 0.15) is 27.2 Å². The molecule has 0 aliphatic heterocycles. The monoisotopic (exact) mass is 354 g/mol. The average molecular weight is 354 g/mol. The maximum absolute atomic E-state index is 13.1. The van der Waals surface area contributed by atoms with E-state index in [1.54, 1.807) is 0 Å². The summed E-state index contributed by atoms with van der Waals surface area (Å²) in [5.41, 5.74) is 0. The summed E-state index contributed by atoms with van der Waals surface area (Å²) in [5, 5.41) is 3.88. The summed E-state index contributed by atoms with van der Waals surface area (Å²) in [6.45, 7) is 6.16.